The highest BCUT2D eigenvalue weighted by Crippen LogP contribution is 2.20. The zero-order valence-corrected chi connectivity index (χ0v) is 9.91. The van der Waals surface area contributed by atoms with E-state index in [-0.39, 0.29) is 0 Å². The van der Waals surface area contributed by atoms with Crippen LogP contribution in [0.3, 0.4) is 0 Å². The van der Waals surface area contributed by atoms with Crippen molar-refractivity contribution in [2.75, 3.05) is 5.32 Å². The quantitative estimate of drug-likeness (QED) is 0.926. The van der Waals surface area contributed by atoms with Gasteiger partial charge < -0.3 is 9.73 Å². The molecule has 15 heavy (non-hydrogen) atoms. The maximum atomic E-state index is 4.98. The molecule has 0 aromatic carbocycles. The standard InChI is InChI=1S/C11H11BrN2O/c1-8-4-10(12)11(13-5-8)14-6-9-2-3-15-7-9/h2-5,7H,6H2,1H3,(H,13,14). The van der Waals surface area contributed by atoms with Gasteiger partial charge in [-0.2, -0.15) is 0 Å². The van der Waals surface area contributed by atoms with Crippen molar-refractivity contribution in [2.45, 2.75) is 13.5 Å². The van der Waals surface area contributed by atoms with Crippen LogP contribution in [0.1, 0.15) is 11.1 Å². The van der Waals surface area contributed by atoms with Crippen LogP contribution in [-0.4, -0.2) is 4.98 Å². The Labute approximate surface area is 96.6 Å². The van der Waals surface area contributed by atoms with Crippen LogP contribution < -0.4 is 5.32 Å². The highest BCUT2D eigenvalue weighted by Gasteiger charge is 2.01. The van der Waals surface area contributed by atoms with Gasteiger partial charge in [-0.05, 0) is 40.5 Å². The average Bonchev–Trinajstić information content (AvgIpc) is 2.69. The van der Waals surface area contributed by atoms with E-state index < -0.39 is 0 Å². The summed E-state index contributed by atoms with van der Waals surface area (Å²) in [5, 5.41) is 3.22. The molecule has 4 heteroatoms. The van der Waals surface area contributed by atoms with Crippen molar-refractivity contribution in [3.8, 4) is 0 Å². The first kappa shape index (κ1) is 10.2. The van der Waals surface area contributed by atoms with E-state index in [0.717, 1.165) is 21.4 Å². The summed E-state index contributed by atoms with van der Waals surface area (Å²) in [5.41, 5.74) is 2.24. The van der Waals surface area contributed by atoms with Gasteiger partial charge in [0.05, 0.1) is 17.0 Å². The van der Waals surface area contributed by atoms with Gasteiger partial charge in [-0.25, -0.2) is 4.98 Å². The molecule has 1 N–H and O–H groups in total. The lowest BCUT2D eigenvalue weighted by Gasteiger charge is -2.06. The average molecular weight is 267 g/mol. The van der Waals surface area contributed by atoms with Gasteiger partial charge >= 0.3 is 0 Å². The number of aryl methyl sites for hydroxylation is 1. The van der Waals surface area contributed by atoms with Gasteiger partial charge in [0, 0.05) is 18.3 Å². The molecule has 0 aliphatic rings. The molecule has 0 fully saturated rings. The van der Waals surface area contributed by atoms with Gasteiger partial charge in [0.2, 0.25) is 0 Å². The minimum atomic E-state index is 0.713. The highest BCUT2D eigenvalue weighted by molar-refractivity contribution is 9.10. The van der Waals surface area contributed by atoms with Crippen LogP contribution >= 0.6 is 15.9 Å². The third-order valence-corrected chi connectivity index (χ3v) is 2.62. The maximum absolute atomic E-state index is 4.98. The second-order valence-corrected chi connectivity index (χ2v) is 4.18. The fraction of sp³-hybridized carbons (Fsp3) is 0.182. The summed E-state index contributed by atoms with van der Waals surface area (Å²) in [4.78, 5) is 4.29. The summed E-state index contributed by atoms with van der Waals surface area (Å²) >= 11 is 3.46. The van der Waals surface area contributed by atoms with E-state index >= 15 is 0 Å². The molecule has 2 heterocycles. The fourth-order valence-corrected chi connectivity index (χ4v) is 1.85. The third kappa shape index (κ3) is 2.59. The SMILES string of the molecule is Cc1cnc(NCc2ccoc2)c(Br)c1. The van der Waals surface area contributed by atoms with Crippen LogP contribution in [0.5, 0.6) is 0 Å². The Bertz CT molecular complexity index is 440. The number of anilines is 1. The fourth-order valence-electron chi connectivity index (χ4n) is 1.24. The van der Waals surface area contributed by atoms with Crippen LogP contribution in [0, 0.1) is 6.92 Å². The predicted molar refractivity (Wildman–Crippen MR) is 62.7 cm³/mol. The minimum absolute atomic E-state index is 0.713. The van der Waals surface area contributed by atoms with E-state index in [1.54, 1.807) is 12.5 Å². The van der Waals surface area contributed by atoms with Crippen LogP contribution in [0.25, 0.3) is 0 Å². The molecular weight excluding hydrogens is 256 g/mol. The Kier molecular flexibility index (Phi) is 3.06. The van der Waals surface area contributed by atoms with Crippen molar-refractivity contribution in [2.24, 2.45) is 0 Å². The largest absolute Gasteiger partial charge is 0.472 e. The molecule has 0 saturated carbocycles. The molecule has 0 amide bonds. The highest BCUT2D eigenvalue weighted by atomic mass is 79.9. The number of aromatic nitrogens is 1. The number of hydrogen-bond acceptors (Lipinski definition) is 3. The summed E-state index contributed by atoms with van der Waals surface area (Å²) in [6.07, 6.45) is 5.21. The molecule has 0 atom stereocenters. The smallest absolute Gasteiger partial charge is 0.140 e. The number of pyridine rings is 1. The summed E-state index contributed by atoms with van der Waals surface area (Å²) < 4.78 is 5.96. The number of rotatable bonds is 3. The van der Waals surface area contributed by atoms with Crippen molar-refractivity contribution in [1.82, 2.24) is 4.98 Å². The molecule has 2 aromatic rings. The first-order valence-corrected chi connectivity index (χ1v) is 5.42. The molecule has 0 radical (unpaired) electrons. The second kappa shape index (κ2) is 4.49. The number of hydrogen-bond donors (Lipinski definition) is 1. The molecule has 78 valence electrons. The van der Waals surface area contributed by atoms with E-state index in [1.807, 2.05) is 25.3 Å². The molecule has 2 rings (SSSR count). The first-order chi connectivity index (χ1) is 7.25. The van der Waals surface area contributed by atoms with E-state index in [2.05, 4.69) is 26.2 Å². The predicted octanol–water partition coefficient (Wildman–Crippen LogP) is 3.36. The summed E-state index contributed by atoms with van der Waals surface area (Å²) in [6, 6.07) is 3.96. The zero-order valence-electron chi connectivity index (χ0n) is 8.33. The number of nitrogens with one attached hydrogen (secondary N) is 1. The molecule has 0 aliphatic carbocycles. The van der Waals surface area contributed by atoms with Crippen LogP contribution in [-0.2, 0) is 6.54 Å². The molecule has 0 bridgehead atoms. The topological polar surface area (TPSA) is 38.1 Å². The molecule has 0 unspecified atom stereocenters. The van der Waals surface area contributed by atoms with Crippen molar-refractivity contribution in [1.29, 1.82) is 0 Å². The Balaban J connectivity index is 2.05. The maximum Gasteiger partial charge on any atom is 0.140 e. The van der Waals surface area contributed by atoms with Crippen LogP contribution in [0.2, 0.25) is 0 Å². The first-order valence-electron chi connectivity index (χ1n) is 4.63. The van der Waals surface area contributed by atoms with E-state index in [1.165, 1.54) is 0 Å². The molecule has 0 spiro atoms. The van der Waals surface area contributed by atoms with Gasteiger partial charge in [-0.1, -0.05) is 0 Å². The molecular formula is C11H11BrN2O. The Hall–Kier alpha value is -1.29. The van der Waals surface area contributed by atoms with Gasteiger partial charge in [-0.3, -0.25) is 0 Å². The lowest BCUT2D eigenvalue weighted by molar-refractivity contribution is 0.564. The summed E-state index contributed by atoms with van der Waals surface area (Å²) in [6.45, 7) is 2.72. The molecule has 0 saturated heterocycles. The Morgan fingerprint density at radius 1 is 1.53 bits per heavy atom. The number of halogens is 1. The van der Waals surface area contributed by atoms with Crippen molar-refractivity contribution in [3.63, 3.8) is 0 Å². The van der Waals surface area contributed by atoms with E-state index in [4.69, 9.17) is 4.42 Å². The molecule has 2 aromatic heterocycles. The van der Waals surface area contributed by atoms with Crippen molar-refractivity contribution in [3.05, 3.63) is 46.5 Å². The van der Waals surface area contributed by atoms with Gasteiger partial charge in [-0.15, -0.1) is 0 Å². The second-order valence-electron chi connectivity index (χ2n) is 3.33. The minimum Gasteiger partial charge on any atom is -0.472 e. The van der Waals surface area contributed by atoms with Crippen molar-refractivity contribution < 1.29 is 4.42 Å². The van der Waals surface area contributed by atoms with Gasteiger partial charge in [0.1, 0.15) is 5.82 Å². The zero-order chi connectivity index (χ0) is 10.7. The Morgan fingerprint density at radius 3 is 3.07 bits per heavy atom. The number of furan rings is 1. The van der Waals surface area contributed by atoms with Gasteiger partial charge in [0.15, 0.2) is 0 Å². The lowest BCUT2D eigenvalue weighted by atomic mass is 10.3. The van der Waals surface area contributed by atoms with E-state index in [9.17, 15) is 0 Å². The van der Waals surface area contributed by atoms with Crippen LogP contribution in [0.15, 0.2) is 39.7 Å². The van der Waals surface area contributed by atoms with Crippen molar-refractivity contribution >= 4 is 21.7 Å². The monoisotopic (exact) mass is 266 g/mol. The Morgan fingerprint density at radius 2 is 2.40 bits per heavy atom. The van der Waals surface area contributed by atoms with Crippen LogP contribution in [0.4, 0.5) is 5.82 Å². The van der Waals surface area contributed by atoms with Gasteiger partial charge in [0.25, 0.3) is 0 Å². The normalized spacial score (nSPS) is 10.3. The summed E-state index contributed by atoms with van der Waals surface area (Å²) in [5.74, 6) is 0.849. The molecule has 3 nitrogen and oxygen atoms in total. The third-order valence-electron chi connectivity index (χ3n) is 2.02. The van der Waals surface area contributed by atoms with E-state index in [0.29, 0.717) is 6.54 Å². The molecule has 0 aliphatic heterocycles. The number of nitrogens with zero attached hydrogens (tertiary/aromatic N) is 1. The lowest BCUT2D eigenvalue weighted by Crippen LogP contribution is -2.01. The summed E-state index contributed by atoms with van der Waals surface area (Å²) in [7, 11) is 0.